The molecule has 0 bridgehead atoms. The molecule has 4 heterocycles. The molecule has 13 rings (SSSR count). The van der Waals surface area contributed by atoms with Gasteiger partial charge in [0.1, 0.15) is 0 Å². The van der Waals surface area contributed by atoms with Crippen molar-refractivity contribution < 1.29 is 0 Å². The van der Waals surface area contributed by atoms with E-state index in [1.165, 1.54) is 115 Å². The first-order chi connectivity index (χ1) is 29.5. The van der Waals surface area contributed by atoms with E-state index in [0.29, 0.717) is 0 Å². The summed E-state index contributed by atoms with van der Waals surface area (Å²) in [7, 11) is 0. The van der Waals surface area contributed by atoms with Gasteiger partial charge in [-0.2, -0.15) is 0 Å². The lowest BCUT2D eigenvalue weighted by Gasteiger charge is -2.28. The number of rotatable bonds is 3. The van der Waals surface area contributed by atoms with Crippen LogP contribution in [0.15, 0.2) is 164 Å². The van der Waals surface area contributed by atoms with Crippen molar-refractivity contribution in [3.05, 3.63) is 175 Å². The molecule has 0 aliphatic heterocycles. The van der Waals surface area contributed by atoms with E-state index in [1.54, 1.807) is 0 Å². The zero-order valence-corrected chi connectivity index (χ0v) is 35.4. The van der Waals surface area contributed by atoms with Crippen LogP contribution in [0.1, 0.15) is 52.7 Å². The summed E-state index contributed by atoms with van der Waals surface area (Å²) in [5.74, 6) is 0. The van der Waals surface area contributed by atoms with Crippen molar-refractivity contribution in [2.24, 2.45) is 0 Å². The van der Waals surface area contributed by atoms with Crippen LogP contribution in [0.2, 0.25) is 0 Å². The van der Waals surface area contributed by atoms with Crippen LogP contribution in [0.5, 0.6) is 0 Å². The highest BCUT2D eigenvalue weighted by molar-refractivity contribution is 6.35. The second-order valence-corrected chi connectivity index (χ2v) is 19.4. The van der Waals surface area contributed by atoms with Gasteiger partial charge in [0.2, 0.25) is 0 Å². The highest BCUT2D eigenvalue weighted by Crippen LogP contribution is 2.52. The van der Waals surface area contributed by atoms with E-state index in [9.17, 15) is 0 Å². The monoisotopic (exact) mass is 783 g/mol. The summed E-state index contributed by atoms with van der Waals surface area (Å²) >= 11 is 0. The van der Waals surface area contributed by atoms with Gasteiger partial charge < -0.3 is 13.7 Å². The van der Waals surface area contributed by atoms with Crippen LogP contribution in [0, 0.1) is 0 Å². The molecule has 0 saturated carbocycles. The molecule has 0 spiro atoms. The molecule has 9 aromatic carbocycles. The summed E-state index contributed by atoms with van der Waals surface area (Å²) in [6.07, 6.45) is 0. The maximum absolute atomic E-state index is 2.63. The fourth-order valence-electron chi connectivity index (χ4n) is 10.8. The van der Waals surface area contributed by atoms with E-state index in [1.807, 2.05) is 0 Å². The Morgan fingerprint density at radius 1 is 0.344 bits per heavy atom. The van der Waals surface area contributed by atoms with Gasteiger partial charge >= 0.3 is 0 Å². The minimum atomic E-state index is -0.0545. The Morgan fingerprint density at radius 2 is 0.836 bits per heavy atom. The zero-order valence-electron chi connectivity index (χ0n) is 35.4. The molecule has 0 saturated heterocycles. The lowest BCUT2D eigenvalue weighted by molar-refractivity contribution is 0.591. The van der Waals surface area contributed by atoms with Crippen molar-refractivity contribution >= 4 is 115 Å². The number of aromatic nitrogens is 2. The molecule has 0 radical (unpaired) electrons. The SMILES string of the molecule is CC(C)(C)c1ccc2c(c1)c1cc3ccccc3c3c4cc5c(cc4n2c13)c1cc(C(C)(C)C)cc2c3cc4ccccc4c(N(c4ccccc4)c4ccccc4)c3n5c12. The van der Waals surface area contributed by atoms with Gasteiger partial charge in [0.05, 0.1) is 38.8 Å². The number of hydrogen-bond donors (Lipinski definition) is 0. The molecule has 0 atom stereocenters. The summed E-state index contributed by atoms with van der Waals surface area (Å²) in [5, 5.41) is 15.5. The molecule has 3 nitrogen and oxygen atoms in total. The normalized spacial score (nSPS) is 13.1. The van der Waals surface area contributed by atoms with Crippen LogP contribution in [-0.4, -0.2) is 8.80 Å². The van der Waals surface area contributed by atoms with E-state index < -0.39 is 0 Å². The average molecular weight is 784 g/mol. The Hall–Kier alpha value is -7.10. The largest absolute Gasteiger partial charge is 0.308 e. The summed E-state index contributed by atoms with van der Waals surface area (Å²) in [5.41, 5.74) is 13.8. The molecule has 0 aliphatic rings. The molecule has 3 heteroatoms. The standard InChI is InChI=1S/C58H45N3/c1-57(2,3)36-25-26-49-42(29-36)44-27-34-17-13-15-23-40(34)52-48-33-50-43(32-51(48)60(49)54(44)52)46-30-37(58(4,5)6)31-47-45-28-35-18-14-16-24-41(35)55(56(45)61(50)53(46)47)59(38-19-9-7-10-20-38)39-21-11-8-12-22-39/h7-33H,1-6H3. The molecule has 0 fully saturated rings. The molecular formula is C58H45N3. The number of fused-ring (bicyclic) bond motifs is 15. The van der Waals surface area contributed by atoms with Crippen molar-refractivity contribution in [3.8, 4) is 0 Å². The van der Waals surface area contributed by atoms with Gasteiger partial charge in [0.15, 0.2) is 0 Å². The predicted molar refractivity (Wildman–Crippen MR) is 263 cm³/mol. The van der Waals surface area contributed by atoms with Crippen molar-refractivity contribution in [2.45, 2.75) is 52.4 Å². The van der Waals surface area contributed by atoms with Crippen LogP contribution in [0.3, 0.4) is 0 Å². The van der Waals surface area contributed by atoms with Gasteiger partial charge in [-0.05, 0) is 111 Å². The maximum Gasteiger partial charge on any atom is 0.0789 e. The number of hydrogen-bond acceptors (Lipinski definition) is 1. The van der Waals surface area contributed by atoms with Crippen LogP contribution in [-0.2, 0) is 10.8 Å². The van der Waals surface area contributed by atoms with E-state index in [0.717, 1.165) is 11.4 Å². The Bertz CT molecular complexity index is 3890. The van der Waals surface area contributed by atoms with Crippen LogP contribution < -0.4 is 4.90 Å². The average Bonchev–Trinajstić information content (AvgIpc) is 3.98. The lowest BCUT2D eigenvalue weighted by atomic mass is 9.85. The van der Waals surface area contributed by atoms with Gasteiger partial charge in [-0.15, -0.1) is 0 Å². The summed E-state index contributed by atoms with van der Waals surface area (Å²) in [4.78, 5) is 2.49. The maximum atomic E-state index is 2.63. The van der Waals surface area contributed by atoms with Gasteiger partial charge in [-0.3, -0.25) is 0 Å². The minimum Gasteiger partial charge on any atom is -0.308 e. The van der Waals surface area contributed by atoms with Crippen molar-refractivity contribution in [3.63, 3.8) is 0 Å². The van der Waals surface area contributed by atoms with Gasteiger partial charge in [0.25, 0.3) is 0 Å². The van der Waals surface area contributed by atoms with Gasteiger partial charge in [-0.25, -0.2) is 0 Å². The predicted octanol–water partition coefficient (Wildman–Crippen LogP) is 16.4. The second kappa shape index (κ2) is 11.8. The third-order valence-electron chi connectivity index (χ3n) is 13.8. The number of para-hydroxylation sites is 2. The van der Waals surface area contributed by atoms with Gasteiger partial charge in [-0.1, -0.05) is 133 Å². The molecule has 0 unspecified atom stereocenters. The highest BCUT2D eigenvalue weighted by atomic mass is 15.2. The van der Waals surface area contributed by atoms with Crippen LogP contribution >= 0.6 is 0 Å². The number of anilines is 3. The molecule has 0 amide bonds. The third-order valence-corrected chi connectivity index (χ3v) is 13.8. The Kier molecular flexibility index (Phi) is 6.72. The quantitative estimate of drug-likeness (QED) is 0.174. The molecule has 13 aromatic rings. The first-order valence-corrected chi connectivity index (χ1v) is 21.7. The molecular weight excluding hydrogens is 739 g/mol. The van der Waals surface area contributed by atoms with Crippen molar-refractivity contribution in [2.75, 3.05) is 4.90 Å². The van der Waals surface area contributed by atoms with E-state index in [-0.39, 0.29) is 10.8 Å². The van der Waals surface area contributed by atoms with Crippen LogP contribution in [0.25, 0.3) is 97.7 Å². The smallest absolute Gasteiger partial charge is 0.0789 e. The minimum absolute atomic E-state index is 0.0472. The third kappa shape index (κ3) is 4.64. The topological polar surface area (TPSA) is 12.1 Å². The Labute approximate surface area is 354 Å². The summed E-state index contributed by atoms with van der Waals surface area (Å²) < 4.78 is 5.21. The zero-order chi connectivity index (χ0) is 41.1. The lowest BCUT2D eigenvalue weighted by Crippen LogP contribution is -2.11. The van der Waals surface area contributed by atoms with Gasteiger partial charge in [0, 0.05) is 59.9 Å². The molecule has 4 aromatic heterocycles. The summed E-state index contributed by atoms with van der Waals surface area (Å²) in [6.45, 7) is 14.0. The first kappa shape index (κ1) is 34.7. The highest BCUT2D eigenvalue weighted by Gasteiger charge is 2.29. The fourth-order valence-corrected chi connectivity index (χ4v) is 10.8. The van der Waals surface area contributed by atoms with Crippen molar-refractivity contribution in [1.82, 2.24) is 8.80 Å². The van der Waals surface area contributed by atoms with Crippen molar-refractivity contribution in [1.29, 1.82) is 0 Å². The Morgan fingerprint density at radius 3 is 1.49 bits per heavy atom. The Balaban J connectivity index is 1.28. The second-order valence-electron chi connectivity index (χ2n) is 19.4. The molecule has 292 valence electrons. The van der Waals surface area contributed by atoms with E-state index >= 15 is 0 Å². The fraction of sp³-hybridized carbons (Fsp3) is 0.138. The molecule has 0 N–H and O–H groups in total. The molecule has 0 aliphatic carbocycles. The van der Waals surface area contributed by atoms with Crippen LogP contribution in [0.4, 0.5) is 17.1 Å². The molecule has 61 heavy (non-hydrogen) atoms. The number of benzene rings is 9. The van der Waals surface area contributed by atoms with E-state index in [4.69, 9.17) is 0 Å². The van der Waals surface area contributed by atoms with E-state index in [2.05, 4.69) is 219 Å². The number of nitrogens with zero attached hydrogens (tertiary/aromatic N) is 3. The first-order valence-electron chi connectivity index (χ1n) is 21.7. The summed E-state index contributed by atoms with van der Waals surface area (Å²) in [6, 6.07) is 61.9.